The van der Waals surface area contributed by atoms with Crippen LogP contribution in [0.1, 0.15) is 5.56 Å². The van der Waals surface area contributed by atoms with E-state index in [1.807, 2.05) is 36.4 Å². The molecule has 5 heteroatoms. The van der Waals surface area contributed by atoms with Gasteiger partial charge in [-0.25, -0.2) is 0 Å². The van der Waals surface area contributed by atoms with Crippen LogP contribution in [0, 0.1) is 5.92 Å². The van der Waals surface area contributed by atoms with Gasteiger partial charge in [0.05, 0.1) is 20.1 Å². The van der Waals surface area contributed by atoms with Crippen molar-refractivity contribution in [1.29, 1.82) is 0 Å². The van der Waals surface area contributed by atoms with Crippen LogP contribution in [-0.4, -0.2) is 31.4 Å². The van der Waals surface area contributed by atoms with Gasteiger partial charge in [-0.3, -0.25) is 9.59 Å². The molecule has 2 aromatic carbocycles. The number of ether oxygens (including phenoxy) is 2. The number of rotatable bonds is 2. The number of thioether (sulfide) groups is 1. The Morgan fingerprint density at radius 1 is 1.05 bits per heavy atom. The highest BCUT2D eigenvalue weighted by Gasteiger charge is 2.40. The predicted molar refractivity (Wildman–Crippen MR) is 84.8 cm³/mol. The number of benzene rings is 2. The first-order chi connectivity index (χ1) is 10.7. The lowest BCUT2D eigenvalue weighted by molar-refractivity contribution is -0.151. The van der Waals surface area contributed by atoms with E-state index in [1.54, 1.807) is 0 Å². The van der Waals surface area contributed by atoms with E-state index in [0.29, 0.717) is 6.42 Å². The van der Waals surface area contributed by atoms with Crippen molar-refractivity contribution in [2.45, 2.75) is 16.6 Å². The smallest absolute Gasteiger partial charge is 0.320 e. The van der Waals surface area contributed by atoms with Gasteiger partial charge in [-0.2, -0.15) is 0 Å². The van der Waals surface area contributed by atoms with Crippen LogP contribution in [0.5, 0.6) is 0 Å². The maximum absolute atomic E-state index is 12.1. The van der Waals surface area contributed by atoms with Crippen LogP contribution in [0.15, 0.2) is 41.3 Å². The standard InChI is InChI=1S/C17H16O4S/c1-20-16(18)13-9-12-11-6-4-3-5-10(11)7-8-14(12)22-15(13)17(19)21-2/h3-8,13,15H,9H2,1-2H3/t13-,15-/m0/s1. The molecule has 1 aliphatic rings. The summed E-state index contributed by atoms with van der Waals surface area (Å²) in [6.07, 6.45) is 0.482. The molecule has 0 saturated heterocycles. The van der Waals surface area contributed by atoms with Crippen molar-refractivity contribution < 1.29 is 19.1 Å². The highest BCUT2D eigenvalue weighted by molar-refractivity contribution is 8.00. The van der Waals surface area contributed by atoms with Gasteiger partial charge in [0.1, 0.15) is 5.25 Å². The molecule has 1 heterocycles. The lowest BCUT2D eigenvalue weighted by atomic mass is 9.91. The Morgan fingerprint density at radius 3 is 2.50 bits per heavy atom. The summed E-state index contributed by atoms with van der Waals surface area (Å²) in [5, 5.41) is 1.68. The lowest BCUT2D eigenvalue weighted by Gasteiger charge is -2.29. The second-order valence-electron chi connectivity index (χ2n) is 5.16. The molecule has 22 heavy (non-hydrogen) atoms. The summed E-state index contributed by atoms with van der Waals surface area (Å²) in [6, 6.07) is 12.1. The highest BCUT2D eigenvalue weighted by atomic mass is 32.2. The molecule has 0 unspecified atom stereocenters. The van der Waals surface area contributed by atoms with Crippen LogP contribution in [-0.2, 0) is 25.5 Å². The molecule has 0 radical (unpaired) electrons. The fourth-order valence-corrected chi connectivity index (χ4v) is 4.19. The molecule has 4 nitrogen and oxygen atoms in total. The molecule has 0 saturated carbocycles. The number of hydrogen-bond acceptors (Lipinski definition) is 5. The van der Waals surface area contributed by atoms with Crippen LogP contribution in [0.3, 0.4) is 0 Å². The minimum atomic E-state index is -0.564. The third-order valence-corrected chi connectivity index (χ3v) is 5.39. The summed E-state index contributed by atoms with van der Waals surface area (Å²) in [5.74, 6) is -1.29. The van der Waals surface area contributed by atoms with E-state index in [0.717, 1.165) is 21.2 Å². The van der Waals surface area contributed by atoms with E-state index in [1.165, 1.54) is 26.0 Å². The first kappa shape index (κ1) is 14.9. The van der Waals surface area contributed by atoms with E-state index in [4.69, 9.17) is 9.47 Å². The molecule has 0 amide bonds. The van der Waals surface area contributed by atoms with E-state index in [-0.39, 0.29) is 11.9 Å². The quantitative estimate of drug-likeness (QED) is 0.798. The van der Waals surface area contributed by atoms with E-state index in [9.17, 15) is 9.59 Å². The van der Waals surface area contributed by atoms with Gasteiger partial charge in [0, 0.05) is 4.90 Å². The van der Waals surface area contributed by atoms with Crippen molar-refractivity contribution in [2.75, 3.05) is 14.2 Å². The van der Waals surface area contributed by atoms with Crippen LogP contribution in [0.25, 0.3) is 10.8 Å². The van der Waals surface area contributed by atoms with Crippen LogP contribution < -0.4 is 0 Å². The zero-order chi connectivity index (χ0) is 15.7. The summed E-state index contributed by atoms with van der Waals surface area (Å²) >= 11 is 1.38. The molecule has 1 aliphatic heterocycles. The second kappa shape index (κ2) is 6.01. The summed E-state index contributed by atoms with van der Waals surface area (Å²) in [5.41, 5.74) is 1.10. The molecule has 0 bridgehead atoms. The summed E-state index contributed by atoms with van der Waals surface area (Å²) in [4.78, 5) is 25.1. The zero-order valence-electron chi connectivity index (χ0n) is 12.4. The van der Waals surface area contributed by atoms with Gasteiger partial charge < -0.3 is 9.47 Å². The van der Waals surface area contributed by atoms with Gasteiger partial charge in [-0.1, -0.05) is 30.3 Å². The van der Waals surface area contributed by atoms with Gasteiger partial charge in [-0.05, 0) is 28.8 Å². The van der Waals surface area contributed by atoms with Gasteiger partial charge in [0.15, 0.2) is 0 Å². The Labute approximate surface area is 132 Å². The highest BCUT2D eigenvalue weighted by Crippen LogP contribution is 2.42. The third-order valence-electron chi connectivity index (χ3n) is 3.98. The van der Waals surface area contributed by atoms with Gasteiger partial charge >= 0.3 is 11.9 Å². The van der Waals surface area contributed by atoms with Crippen molar-refractivity contribution in [3.8, 4) is 0 Å². The number of esters is 2. The van der Waals surface area contributed by atoms with Gasteiger partial charge in [0.2, 0.25) is 0 Å². The molecule has 2 aromatic rings. The monoisotopic (exact) mass is 316 g/mol. The SMILES string of the molecule is COC(=O)[C@H]1Cc2c(ccc3ccccc23)S[C@@H]1C(=O)OC. The minimum absolute atomic E-state index is 0.374. The topological polar surface area (TPSA) is 52.6 Å². The Kier molecular flexibility index (Phi) is 4.07. The third kappa shape index (κ3) is 2.46. The average Bonchev–Trinajstić information content (AvgIpc) is 2.59. The van der Waals surface area contributed by atoms with Crippen LogP contribution in [0.2, 0.25) is 0 Å². The molecular weight excluding hydrogens is 300 g/mol. The van der Waals surface area contributed by atoms with E-state index < -0.39 is 11.2 Å². The Morgan fingerprint density at radius 2 is 1.77 bits per heavy atom. The van der Waals surface area contributed by atoms with Gasteiger partial charge in [-0.15, -0.1) is 11.8 Å². The molecule has 0 aromatic heterocycles. The molecule has 0 spiro atoms. The van der Waals surface area contributed by atoms with Crippen molar-refractivity contribution >= 4 is 34.5 Å². The van der Waals surface area contributed by atoms with Gasteiger partial charge in [0.25, 0.3) is 0 Å². The molecule has 2 atom stereocenters. The number of hydrogen-bond donors (Lipinski definition) is 0. The summed E-state index contributed by atoms with van der Waals surface area (Å²) < 4.78 is 9.73. The van der Waals surface area contributed by atoms with E-state index in [2.05, 4.69) is 0 Å². The van der Waals surface area contributed by atoms with Crippen molar-refractivity contribution in [2.24, 2.45) is 5.92 Å². The van der Waals surface area contributed by atoms with Crippen molar-refractivity contribution in [3.63, 3.8) is 0 Å². The first-order valence-corrected chi connectivity index (χ1v) is 7.86. The van der Waals surface area contributed by atoms with E-state index >= 15 is 0 Å². The molecule has 0 fully saturated rings. The van der Waals surface area contributed by atoms with Crippen molar-refractivity contribution in [3.05, 3.63) is 42.0 Å². The molecule has 0 N–H and O–H groups in total. The van der Waals surface area contributed by atoms with Crippen LogP contribution in [0.4, 0.5) is 0 Å². The maximum Gasteiger partial charge on any atom is 0.320 e. The number of carbonyl (C=O) groups is 2. The number of fused-ring (bicyclic) bond motifs is 3. The normalized spacial score (nSPS) is 20.3. The number of methoxy groups -OCH3 is 2. The molecule has 3 rings (SSSR count). The maximum atomic E-state index is 12.1. The molecule has 0 aliphatic carbocycles. The van der Waals surface area contributed by atoms with Crippen LogP contribution >= 0.6 is 11.8 Å². The minimum Gasteiger partial charge on any atom is -0.469 e. The molecule has 114 valence electrons. The lowest BCUT2D eigenvalue weighted by Crippen LogP contribution is -2.38. The Hall–Kier alpha value is -2.01. The molecular formula is C17H16O4S. The first-order valence-electron chi connectivity index (χ1n) is 6.98. The largest absolute Gasteiger partial charge is 0.469 e. The Balaban J connectivity index is 2.10. The predicted octanol–water partition coefficient (Wildman–Crippen LogP) is 2.82. The zero-order valence-corrected chi connectivity index (χ0v) is 13.2. The summed E-state index contributed by atoms with van der Waals surface area (Å²) in [7, 11) is 2.69. The fourth-order valence-electron chi connectivity index (χ4n) is 2.87. The summed E-state index contributed by atoms with van der Waals surface area (Å²) in [6.45, 7) is 0. The average molecular weight is 316 g/mol. The Bertz CT molecular complexity index is 741. The second-order valence-corrected chi connectivity index (χ2v) is 6.34. The van der Waals surface area contributed by atoms with Crippen molar-refractivity contribution in [1.82, 2.24) is 0 Å². The fraction of sp³-hybridized carbons (Fsp3) is 0.294. The number of carbonyl (C=O) groups excluding carboxylic acids is 2.